The summed E-state index contributed by atoms with van der Waals surface area (Å²) in [7, 11) is 0. The molecule has 0 spiro atoms. The van der Waals surface area contributed by atoms with Crippen LogP contribution in [0.15, 0.2) is 0 Å². The number of carbonyl (C=O) groups is 1. The second-order valence-corrected chi connectivity index (χ2v) is 6.95. The van der Waals surface area contributed by atoms with Crippen LogP contribution >= 0.6 is 0 Å². The van der Waals surface area contributed by atoms with Crippen LogP contribution in [0.2, 0.25) is 0 Å². The molecule has 3 aliphatic rings. The Morgan fingerprint density at radius 3 is 2.62 bits per heavy atom. The fourth-order valence-electron chi connectivity index (χ4n) is 4.14. The van der Waals surface area contributed by atoms with Gasteiger partial charge in [-0.25, -0.2) is 0 Å². The number of hydrogen-bond donors (Lipinski definition) is 1. The minimum atomic E-state index is 0.336. The van der Waals surface area contributed by atoms with Crippen LogP contribution in [0.4, 0.5) is 0 Å². The Hall–Kier alpha value is -0.610. The number of piperidine rings is 1. The summed E-state index contributed by atoms with van der Waals surface area (Å²) in [6, 6.07) is 0.720. The molecule has 3 aliphatic heterocycles. The second-order valence-electron chi connectivity index (χ2n) is 6.95. The summed E-state index contributed by atoms with van der Waals surface area (Å²) in [4.78, 5) is 14.4. The molecule has 21 heavy (non-hydrogen) atoms. The predicted octanol–water partition coefficient (Wildman–Crippen LogP) is 2.33. The molecule has 3 saturated heterocycles. The van der Waals surface area contributed by atoms with E-state index in [1.54, 1.807) is 0 Å². The summed E-state index contributed by atoms with van der Waals surface area (Å²) in [6.07, 6.45) is 10.5. The van der Waals surface area contributed by atoms with Gasteiger partial charge < -0.3 is 15.0 Å². The number of nitrogens with zero attached hydrogens (tertiary/aromatic N) is 1. The minimum Gasteiger partial charge on any atom is -0.378 e. The van der Waals surface area contributed by atoms with Gasteiger partial charge >= 0.3 is 0 Å². The van der Waals surface area contributed by atoms with Gasteiger partial charge in [-0.15, -0.1) is 0 Å². The Morgan fingerprint density at radius 1 is 1.10 bits per heavy atom. The van der Waals surface area contributed by atoms with Crippen molar-refractivity contribution in [3.63, 3.8) is 0 Å². The zero-order valence-electron chi connectivity index (χ0n) is 13.2. The highest BCUT2D eigenvalue weighted by molar-refractivity contribution is 5.76. The smallest absolute Gasteiger partial charge is 0.222 e. The van der Waals surface area contributed by atoms with E-state index in [1.165, 1.54) is 45.1 Å². The van der Waals surface area contributed by atoms with Gasteiger partial charge in [0.2, 0.25) is 5.91 Å². The van der Waals surface area contributed by atoms with E-state index in [-0.39, 0.29) is 0 Å². The molecule has 0 aromatic heterocycles. The zero-order chi connectivity index (χ0) is 14.5. The third-order valence-electron chi connectivity index (χ3n) is 5.51. The highest BCUT2D eigenvalue weighted by atomic mass is 16.5. The maximum absolute atomic E-state index is 12.3. The number of carbonyl (C=O) groups excluding carboxylic acids is 1. The van der Waals surface area contributed by atoms with Gasteiger partial charge in [0.1, 0.15) is 0 Å². The molecule has 4 heteroatoms. The topological polar surface area (TPSA) is 41.6 Å². The van der Waals surface area contributed by atoms with Crippen LogP contribution in [0.25, 0.3) is 0 Å². The second kappa shape index (κ2) is 7.59. The fraction of sp³-hybridized carbons (Fsp3) is 0.941. The molecular weight excluding hydrogens is 264 g/mol. The number of ether oxygens (including phenoxy) is 1. The summed E-state index contributed by atoms with van der Waals surface area (Å²) in [5.74, 6) is 1.14. The van der Waals surface area contributed by atoms with Crippen LogP contribution in [0.5, 0.6) is 0 Å². The minimum absolute atomic E-state index is 0.336. The lowest BCUT2D eigenvalue weighted by molar-refractivity contribution is -0.133. The summed E-state index contributed by atoms with van der Waals surface area (Å²) in [6.45, 7) is 4.00. The molecule has 0 bridgehead atoms. The zero-order valence-corrected chi connectivity index (χ0v) is 13.2. The van der Waals surface area contributed by atoms with Crippen molar-refractivity contribution in [2.45, 2.75) is 69.9 Å². The van der Waals surface area contributed by atoms with Gasteiger partial charge in [-0.3, -0.25) is 4.79 Å². The largest absolute Gasteiger partial charge is 0.378 e. The first-order chi connectivity index (χ1) is 10.3. The highest BCUT2D eigenvalue weighted by Crippen LogP contribution is 2.26. The number of nitrogens with one attached hydrogen (secondary N) is 1. The highest BCUT2D eigenvalue weighted by Gasteiger charge is 2.30. The lowest BCUT2D eigenvalue weighted by atomic mass is 9.88. The first-order valence-corrected chi connectivity index (χ1v) is 8.95. The van der Waals surface area contributed by atoms with Crippen LogP contribution in [0.1, 0.15) is 57.8 Å². The molecular formula is C17H30N2O2. The third kappa shape index (κ3) is 4.19. The van der Waals surface area contributed by atoms with Crippen molar-refractivity contribution in [1.29, 1.82) is 0 Å². The van der Waals surface area contributed by atoms with Crippen molar-refractivity contribution in [3.8, 4) is 0 Å². The molecule has 1 N–H and O–H groups in total. The van der Waals surface area contributed by atoms with Crippen molar-refractivity contribution in [1.82, 2.24) is 10.2 Å². The Morgan fingerprint density at radius 2 is 1.95 bits per heavy atom. The molecule has 0 aliphatic carbocycles. The Bertz CT molecular complexity index is 328. The summed E-state index contributed by atoms with van der Waals surface area (Å²) >= 11 is 0. The van der Waals surface area contributed by atoms with Crippen LogP contribution in [0, 0.1) is 5.92 Å². The SMILES string of the molecule is O=C(CCC1CCCCO1)N1CCC(C2CCCN2)CC1. The summed E-state index contributed by atoms with van der Waals surface area (Å²) in [5.41, 5.74) is 0. The quantitative estimate of drug-likeness (QED) is 0.865. The molecule has 3 rings (SSSR count). The van der Waals surface area contributed by atoms with Gasteiger partial charge in [0.25, 0.3) is 0 Å². The Labute approximate surface area is 128 Å². The van der Waals surface area contributed by atoms with Crippen molar-refractivity contribution >= 4 is 5.91 Å². The van der Waals surface area contributed by atoms with E-state index >= 15 is 0 Å². The molecule has 0 aromatic carbocycles. The van der Waals surface area contributed by atoms with E-state index in [0.29, 0.717) is 18.4 Å². The molecule has 0 radical (unpaired) electrons. The van der Waals surface area contributed by atoms with E-state index in [4.69, 9.17) is 4.74 Å². The van der Waals surface area contributed by atoms with Crippen molar-refractivity contribution in [2.75, 3.05) is 26.2 Å². The summed E-state index contributed by atoms with van der Waals surface area (Å²) < 4.78 is 5.72. The van der Waals surface area contributed by atoms with Gasteiger partial charge in [0.15, 0.2) is 0 Å². The first-order valence-electron chi connectivity index (χ1n) is 8.95. The van der Waals surface area contributed by atoms with E-state index in [1.807, 2.05) is 0 Å². The van der Waals surface area contributed by atoms with Crippen LogP contribution in [-0.4, -0.2) is 49.2 Å². The number of rotatable bonds is 4. The maximum atomic E-state index is 12.3. The van der Waals surface area contributed by atoms with Gasteiger partial charge in [-0.2, -0.15) is 0 Å². The molecule has 3 heterocycles. The van der Waals surface area contributed by atoms with Crippen LogP contribution in [-0.2, 0) is 9.53 Å². The lowest BCUT2D eigenvalue weighted by Gasteiger charge is -2.35. The molecule has 4 nitrogen and oxygen atoms in total. The number of hydrogen-bond acceptors (Lipinski definition) is 3. The third-order valence-corrected chi connectivity index (χ3v) is 5.51. The standard InChI is InChI=1S/C17H30N2O2/c20-17(7-6-15-4-1-2-13-21-15)19-11-8-14(9-12-19)16-5-3-10-18-16/h14-16,18H,1-13H2. The van der Waals surface area contributed by atoms with Crippen molar-refractivity contribution < 1.29 is 9.53 Å². The normalized spacial score (nSPS) is 31.5. The Kier molecular flexibility index (Phi) is 5.53. The molecule has 0 aromatic rings. The molecule has 2 atom stereocenters. The molecule has 1 amide bonds. The Balaban J connectivity index is 1.36. The average Bonchev–Trinajstić information content (AvgIpc) is 3.08. The summed E-state index contributed by atoms with van der Waals surface area (Å²) in [5, 5.41) is 3.62. The average molecular weight is 294 g/mol. The predicted molar refractivity (Wildman–Crippen MR) is 83.2 cm³/mol. The van der Waals surface area contributed by atoms with Crippen molar-refractivity contribution in [2.24, 2.45) is 5.92 Å². The van der Waals surface area contributed by atoms with E-state index < -0.39 is 0 Å². The van der Waals surface area contributed by atoms with E-state index in [2.05, 4.69) is 10.2 Å². The van der Waals surface area contributed by atoms with Crippen LogP contribution in [0.3, 0.4) is 0 Å². The molecule has 2 unspecified atom stereocenters. The molecule has 0 saturated carbocycles. The lowest BCUT2D eigenvalue weighted by Crippen LogP contribution is -2.43. The molecule has 120 valence electrons. The van der Waals surface area contributed by atoms with Crippen LogP contribution < -0.4 is 5.32 Å². The fourth-order valence-corrected chi connectivity index (χ4v) is 4.14. The monoisotopic (exact) mass is 294 g/mol. The van der Waals surface area contributed by atoms with Gasteiger partial charge in [-0.1, -0.05) is 0 Å². The van der Waals surface area contributed by atoms with E-state index in [0.717, 1.165) is 44.5 Å². The van der Waals surface area contributed by atoms with Crippen molar-refractivity contribution in [3.05, 3.63) is 0 Å². The number of amides is 1. The van der Waals surface area contributed by atoms with Gasteiger partial charge in [-0.05, 0) is 63.8 Å². The molecule has 3 fully saturated rings. The first kappa shape index (κ1) is 15.3. The van der Waals surface area contributed by atoms with E-state index in [9.17, 15) is 4.79 Å². The number of likely N-dealkylation sites (tertiary alicyclic amines) is 1. The maximum Gasteiger partial charge on any atom is 0.222 e. The van der Waals surface area contributed by atoms with Gasteiger partial charge in [0.05, 0.1) is 6.10 Å². The van der Waals surface area contributed by atoms with Gasteiger partial charge in [0, 0.05) is 32.2 Å².